The molecule has 0 aromatic heterocycles. The highest BCUT2D eigenvalue weighted by Gasteiger charge is 2.43. The normalized spacial score (nSPS) is 19.3. The molecule has 0 unspecified atom stereocenters. The molecule has 0 saturated carbocycles. The molecule has 13 nitrogen and oxygen atoms in total. The van der Waals surface area contributed by atoms with E-state index in [0.29, 0.717) is 24.9 Å². The number of likely N-dealkylation sites (N-methyl/N-ethyl adjacent to an activating group) is 2. The molecule has 10 atom stereocenters. The number of nitrogens with zero attached hydrogens (tertiary/aromatic N) is 3. The molecule has 1 fully saturated rings. The van der Waals surface area contributed by atoms with Crippen molar-refractivity contribution in [2.24, 2.45) is 23.7 Å². The monoisotopic (exact) mass is 772 g/mol. The van der Waals surface area contributed by atoms with E-state index >= 15 is 0 Å². The van der Waals surface area contributed by atoms with Gasteiger partial charge in [0.15, 0.2) is 0 Å². The summed E-state index contributed by atoms with van der Waals surface area (Å²) >= 11 is 0. The Bertz CT molecular complexity index is 1420. The molecule has 55 heavy (non-hydrogen) atoms. The molecule has 0 radical (unpaired) electrons. The van der Waals surface area contributed by atoms with E-state index in [1.807, 2.05) is 71.9 Å². The van der Waals surface area contributed by atoms with Gasteiger partial charge in [0.25, 0.3) is 0 Å². The Balaban J connectivity index is 2.28. The Morgan fingerprint density at radius 1 is 0.927 bits per heavy atom. The molecule has 0 bridgehead atoms. The van der Waals surface area contributed by atoms with Crippen LogP contribution in [0.1, 0.15) is 92.7 Å². The van der Waals surface area contributed by atoms with Crippen LogP contribution < -0.4 is 10.6 Å². The Hall–Kier alpha value is -3.81. The van der Waals surface area contributed by atoms with Gasteiger partial charge < -0.3 is 39.9 Å². The topological polar surface area (TPSA) is 158 Å². The van der Waals surface area contributed by atoms with Crippen molar-refractivity contribution in [1.29, 1.82) is 0 Å². The molecule has 1 heterocycles. The summed E-state index contributed by atoms with van der Waals surface area (Å²) in [5, 5.41) is 16.7. The molecule has 310 valence electrons. The van der Waals surface area contributed by atoms with E-state index in [4.69, 9.17) is 9.47 Å². The van der Waals surface area contributed by atoms with Gasteiger partial charge >= 0.3 is 0 Å². The summed E-state index contributed by atoms with van der Waals surface area (Å²) in [4.78, 5) is 72.8. The maximum absolute atomic E-state index is 14.3. The third kappa shape index (κ3) is 12.1. The number of likely N-dealkylation sites (tertiary alicyclic amines) is 1. The van der Waals surface area contributed by atoms with Crippen molar-refractivity contribution >= 4 is 29.5 Å². The van der Waals surface area contributed by atoms with Gasteiger partial charge in [0.05, 0.1) is 48.8 Å². The molecule has 2 rings (SSSR count). The molecule has 5 amide bonds. The van der Waals surface area contributed by atoms with Gasteiger partial charge in [-0.25, -0.2) is 0 Å². The fourth-order valence-electron chi connectivity index (χ4n) is 7.86. The minimum Gasteiger partial charge on any atom is -0.386 e. The highest BCUT2D eigenvalue weighted by Crippen LogP contribution is 2.30. The van der Waals surface area contributed by atoms with Crippen LogP contribution in [0.25, 0.3) is 0 Å². The third-order valence-corrected chi connectivity index (χ3v) is 11.3. The molecule has 1 aromatic carbocycles. The number of hydrogen-bond donors (Lipinski definition) is 3. The van der Waals surface area contributed by atoms with E-state index < -0.39 is 60.2 Å². The van der Waals surface area contributed by atoms with Crippen LogP contribution in [0.3, 0.4) is 0 Å². The maximum Gasteiger partial charge on any atom is 0.246 e. The maximum atomic E-state index is 14.3. The molecule has 13 heteroatoms. The van der Waals surface area contributed by atoms with Gasteiger partial charge in [-0.2, -0.15) is 0 Å². The second kappa shape index (κ2) is 22.1. The van der Waals surface area contributed by atoms with Gasteiger partial charge in [0.2, 0.25) is 29.5 Å². The standard InChI is InChI=1S/C42H69N5O8/c1-14-27(7)37(46(11)42(53)35(25(3)4)44-41(52)36(26(5)6)45(10)33(48)15-2)32(54-12)24-34(49)47-23-19-22-31(47)39(55-13)28(8)40(51)43-29(9)38(50)30-20-17-16-18-21-30/h15-18,20-21,25-29,31-32,35-39,50H,2,14,19,22-24H2,1,3-13H3,(H,43,51)(H,44,52)/t27-,28+,29+,31-,32+,35-,36-,37-,38+,39+/m0/s1. The average Bonchev–Trinajstić information content (AvgIpc) is 3.65. The lowest BCUT2D eigenvalue weighted by Crippen LogP contribution is -2.60. The number of aliphatic hydroxyl groups is 1. The molecule has 0 spiro atoms. The van der Waals surface area contributed by atoms with E-state index in [1.165, 1.54) is 19.1 Å². The number of methoxy groups -OCH3 is 2. The summed E-state index contributed by atoms with van der Waals surface area (Å²) in [7, 11) is 6.29. The molecule has 0 aliphatic carbocycles. The third-order valence-electron chi connectivity index (χ3n) is 11.3. The van der Waals surface area contributed by atoms with Crippen molar-refractivity contribution in [3.05, 3.63) is 48.6 Å². The van der Waals surface area contributed by atoms with Crippen LogP contribution in [0.5, 0.6) is 0 Å². The lowest BCUT2D eigenvalue weighted by atomic mass is 9.89. The van der Waals surface area contributed by atoms with Crippen LogP contribution in [0.15, 0.2) is 43.0 Å². The summed E-state index contributed by atoms with van der Waals surface area (Å²) in [5.41, 5.74) is 0.698. The van der Waals surface area contributed by atoms with Crippen molar-refractivity contribution in [3.8, 4) is 0 Å². The number of carbonyl (C=O) groups excluding carboxylic acids is 5. The van der Waals surface area contributed by atoms with Crippen LogP contribution in [0.2, 0.25) is 0 Å². The fourth-order valence-corrected chi connectivity index (χ4v) is 7.86. The zero-order valence-corrected chi connectivity index (χ0v) is 35.3. The molecule has 1 aliphatic heterocycles. The van der Waals surface area contributed by atoms with Crippen molar-refractivity contribution in [1.82, 2.24) is 25.3 Å². The summed E-state index contributed by atoms with van der Waals surface area (Å²) in [6.07, 6.45) is 1.05. The quantitative estimate of drug-likeness (QED) is 0.159. The molecular weight excluding hydrogens is 702 g/mol. The Morgan fingerprint density at radius 3 is 2.05 bits per heavy atom. The van der Waals surface area contributed by atoms with Gasteiger partial charge in [-0.05, 0) is 49.2 Å². The van der Waals surface area contributed by atoms with E-state index in [2.05, 4.69) is 17.2 Å². The van der Waals surface area contributed by atoms with E-state index in [1.54, 1.807) is 37.7 Å². The van der Waals surface area contributed by atoms with Gasteiger partial charge in [0.1, 0.15) is 12.1 Å². The van der Waals surface area contributed by atoms with Gasteiger partial charge in [0, 0.05) is 34.9 Å². The number of ether oxygens (including phenoxy) is 2. The van der Waals surface area contributed by atoms with Gasteiger partial charge in [-0.3, -0.25) is 24.0 Å². The highest BCUT2D eigenvalue weighted by atomic mass is 16.5. The first-order valence-electron chi connectivity index (χ1n) is 19.7. The first-order valence-corrected chi connectivity index (χ1v) is 19.7. The lowest BCUT2D eigenvalue weighted by molar-refractivity contribution is -0.148. The summed E-state index contributed by atoms with van der Waals surface area (Å²) < 4.78 is 11.9. The van der Waals surface area contributed by atoms with Gasteiger partial charge in [-0.15, -0.1) is 0 Å². The summed E-state index contributed by atoms with van der Waals surface area (Å²) in [6, 6.07) is 5.98. The second-order valence-electron chi connectivity index (χ2n) is 15.8. The number of carbonyl (C=O) groups is 5. The number of rotatable bonds is 21. The van der Waals surface area contributed by atoms with Gasteiger partial charge in [-0.1, -0.05) is 91.8 Å². The Labute approximate surface area is 329 Å². The van der Waals surface area contributed by atoms with Crippen LogP contribution in [-0.2, 0) is 33.4 Å². The van der Waals surface area contributed by atoms with Crippen molar-refractivity contribution in [2.75, 3.05) is 34.9 Å². The molecule has 1 saturated heterocycles. The number of aliphatic hydroxyl groups excluding tert-OH is 1. The van der Waals surface area contributed by atoms with Crippen LogP contribution >= 0.6 is 0 Å². The second-order valence-corrected chi connectivity index (χ2v) is 15.8. The Morgan fingerprint density at radius 2 is 1.55 bits per heavy atom. The number of benzene rings is 1. The van der Waals surface area contributed by atoms with Crippen molar-refractivity contribution < 1.29 is 38.6 Å². The Kier molecular flexibility index (Phi) is 19.0. The van der Waals surface area contributed by atoms with Crippen molar-refractivity contribution in [3.63, 3.8) is 0 Å². The van der Waals surface area contributed by atoms with Crippen LogP contribution in [0.4, 0.5) is 0 Å². The van der Waals surface area contributed by atoms with E-state index in [9.17, 15) is 29.1 Å². The summed E-state index contributed by atoms with van der Waals surface area (Å²) in [5.74, 6) is -2.84. The molecule has 1 aromatic rings. The zero-order valence-electron chi connectivity index (χ0n) is 35.3. The molecule has 1 aliphatic rings. The minimum atomic E-state index is -0.902. The zero-order chi connectivity index (χ0) is 41.7. The minimum absolute atomic E-state index is 0.0144. The fraction of sp³-hybridized carbons (Fsp3) is 0.690. The number of nitrogens with one attached hydrogen (secondary N) is 2. The smallest absolute Gasteiger partial charge is 0.246 e. The SMILES string of the molecule is C=CC(=O)N(C)[C@H](C(=O)N[C@H](C(=O)N(C)[C@@H]([C@@H](C)CC)[C@@H](CC(=O)N1CCC[C@H]1[C@H](OC)[C@@H](C)C(=O)N[C@H](C)[C@@H](O)c1ccccc1)OC)C(C)C)C(C)C. The lowest BCUT2D eigenvalue weighted by Gasteiger charge is -2.41. The molecular formula is C42H69N5O8. The number of amides is 5. The highest BCUT2D eigenvalue weighted by molar-refractivity contribution is 5.95. The summed E-state index contributed by atoms with van der Waals surface area (Å²) in [6.45, 7) is 18.9. The van der Waals surface area contributed by atoms with Crippen LogP contribution in [0, 0.1) is 23.7 Å². The largest absolute Gasteiger partial charge is 0.386 e. The predicted molar refractivity (Wildman–Crippen MR) is 213 cm³/mol. The van der Waals surface area contributed by atoms with Crippen molar-refractivity contribution in [2.45, 2.75) is 130 Å². The first-order chi connectivity index (χ1) is 25.9. The van der Waals surface area contributed by atoms with E-state index in [-0.39, 0.29) is 47.9 Å². The predicted octanol–water partition coefficient (Wildman–Crippen LogP) is 3.95. The van der Waals surface area contributed by atoms with E-state index in [0.717, 1.165) is 12.5 Å². The first kappa shape index (κ1) is 47.3. The average molecular weight is 772 g/mol. The molecule has 3 N–H and O–H groups in total. The van der Waals surface area contributed by atoms with Crippen LogP contribution in [-0.4, -0.2) is 127 Å². The number of hydrogen-bond acceptors (Lipinski definition) is 8.